The van der Waals surface area contributed by atoms with Crippen LogP contribution in [0.15, 0.2) is 34.9 Å². The molecule has 4 aliphatic rings. The van der Waals surface area contributed by atoms with Crippen molar-refractivity contribution in [2.45, 2.75) is 175 Å². The van der Waals surface area contributed by atoms with E-state index in [1.54, 1.807) is 0 Å². The molecule has 270 valence electrons. The summed E-state index contributed by atoms with van der Waals surface area (Å²) < 4.78 is 42.7. The van der Waals surface area contributed by atoms with Crippen molar-refractivity contribution in [3.05, 3.63) is 34.9 Å². The van der Waals surface area contributed by atoms with Gasteiger partial charge < -0.3 is 8.85 Å². The first-order chi connectivity index (χ1) is 21.3. The van der Waals surface area contributed by atoms with Crippen LogP contribution in [0.5, 0.6) is 0 Å². The standard InChI is InChI=1S/C40H72O4SSi2/c1-27(2)28(3)18-19-29(4)34-20-21-35-30(17-16-22-40(34,35)11)23-37-32-24-31(43-46(12,13)38(5,6)7)25-36(33(32)26-45(37,41)42)44-47(14,15)39(8,9)10/h18-19,23,27-29,31,34-37H,16-17,20-22,24-26H2,1-15H3/b19-18+,30-23+/t28?,29-,31-,34-,35+,36+,37?,40-/m1/s1. The third kappa shape index (κ3) is 8.05. The predicted molar refractivity (Wildman–Crippen MR) is 207 cm³/mol. The Morgan fingerprint density at radius 1 is 0.872 bits per heavy atom. The second-order valence-electron chi connectivity index (χ2n) is 19.8. The fourth-order valence-corrected chi connectivity index (χ4v) is 13.4. The van der Waals surface area contributed by atoms with E-state index in [9.17, 15) is 8.42 Å². The predicted octanol–water partition coefficient (Wildman–Crippen LogP) is 11.3. The van der Waals surface area contributed by atoms with Crippen LogP contribution in [0.1, 0.15) is 121 Å². The first kappa shape index (κ1) is 39.3. The molecule has 0 aromatic heterocycles. The first-order valence-corrected chi connectivity index (χ1v) is 26.5. The Kier molecular flexibility index (Phi) is 11.4. The molecule has 2 saturated carbocycles. The molecule has 2 unspecified atom stereocenters. The van der Waals surface area contributed by atoms with Crippen molar-refractivity contribution >= 4 is 26.5 Å². The molecule has 0 bridgehead atoms. The zero-order valence-corrected chi connectivity index (χ0v) is 35.9. The summed E-state index contributed by atoms with van der Waals surface area (Å²) in [6, 6.07) is 0. The van der Waals surface area contributed by atoms with E-state index in [2.05, 4.69) is 121 Å². The Hall–Kier alpha value is -0.476. The van der Waals surface area contributed by atoms with E-state index in [0.717, 1.165) is 30.4 Å². The Balaban J connectivity index is 1.70. The van der Waals surface area contributed by atoms with E-state index in [0.29, 0.717) is 36.0 Å². The molecule has 47 heavy (non-hydrogen) atoms. The Labute approximate surface area is 293 Å². The molecule has 0 radical (unpaired) electrons. The lowest BCUT2D eigenvalue weighted by Crippen LogP contribution is -2.49. The third-order valence-corrected chi connectivity index (χ3v) is 25.1. The summed E-state index contributed by atoms with van der Waals surface area (Å²) in [4.78, 5) is 0. The van der Waals surface area contributed by atoms with Crippen LogP contribution >= 0.6 is 0 Å². The lowest BCUT2D eigenvalue weighted by atomic mass is 9.61. The molecule has 0 aromatic carbocycles. The summed E-state index contributed by atoms with van der Waals surface area (Å²) in [5.74, 6) is 3.03. The summed E-state index contributed by atoms with van der Waals surface area (Å²) in [6.45, 7) is 34.8. The molecular weight excluding hydrogens is 633 g/mol. The van der Waals surface area contributed by atoms with Crippen molar-refractivity contribution in [3.63, 3.8) is 0 Å². The highest BCUT2D eigenvalue weighted by Crippen LogP contribution is 2.60. The topological polar surface area (TPSA) is 52.6 Å². The van der Waals surface area contributed by atoms with Gasteiger partial charge in [0, 0.05) is 6.42 Å². The van der Waals surface area contributed by atoms with E-state index in [-0.39, 0.29) is 33.5 Å². The summed E-state index contributed by atoms with van der Waals surface area (Å²) >= 11 is 0. The fraction of sp³-hybridized carbons (Fsp3) is 0.850. The molecule has 8 atom stereocenters. The summed E-state index contributed by atoms with van der Waals surface area (Å²) in [5.41, 5.74) is 3.82. The number of sulfone groups is 1. The minimum atomic E-state index is -3.36. The maximum atomic E-state index is 14.2. The maximum Gasteiger partial charge on any atom is 0.192 e. The average molecular weight is 705 g/mol. The molecule has 4 rings (SSSR count). The van der Waals surface area contributed by atoms with Crippen LogP contribution in [0.25, 0.3) is 0 Å². The summed E-state index contributed by atoms with van der Waals surface area (Å²) in [6.07, 6.45) is 14.3. The van der Waals surface area contributed by atoms with Crippen LogP contribution in [0.2, 0.25) is 36.3 Å². The van der Waals surface area contributed by atoms with Gasteiger partial charge >= 0.3 is 0 Å². The second-order valence-corrected chi connectivity index (χ2v) is 31.4. The van der Waals surface area contributed by atoms with E-state index in [1.165, 1.54) is 24.8 Å². The Morgan fingerprint density at radius 2 is 1.47 bits per heavy atom. The Bertz CT molecular complexity index is 1340. The lowest BCUT2D eigenvalue weighted by Gasteiger charge is -2.45. The number of rotatable bonds is 9. The minimum absolute atomic E-state index is 0.00744. The Morgan fingerprint density at radius 3 is 2.04 bits per heavy atom. The summed E-state index contributed by atoms with van der Waals surface area (Å²) in [5, 5.41) is -0.398. The molecule has 7 heteroatoms. The van der Waals surface area contributed by atoms with Crippen molar-refractivity contribution in [1.29, 1.82) is 0 Å². The molecule has 0 N–H and O–H groups in total. The van der Waals surface area contributed by atoms with Crippen molar-refractivity contribution in [2.75, 3.05) is 5.75 Å². The van der Waals surface area contributed by atoms with Gasteiger partial charge in [0.25, 0.3) is 0 Å². The van der Waals surface area contributed by atoms with Crippen LogP contribution < -0.4 is 0 Å². The van der Waals surface area contributed by atoms with Crippen LogP contribution in [-0.2, 0) is 18.7 Å². The number of allylic oxidation sites excluding steroid dienone is 3. The van der Waals surface area contributed by atoms with Crippen LogP contribution in [0, 0.1) is 35.0 Å². The smallest absolute Gasteiger partial charge is 0.192 e. The molecule has 4 nitrogen and oxygen atoms in total. The average Bonchev–Trinajstić information content (AvgIpc) is 3.39. The molecular formula is C40H72O4SSi2. The van der Waals surface area contributed by atoms with E-state index < -0.39 is 31.7 Å². The molecule has 2 fully saturated rings. The number of hydrogen-bond acceptors (Lipinski definition) is 4. The van der Waals surface area contributed by atoms with E-state index in [1.807, 2.05) is 0 Å². The second kappa shape index (κ2) is 13.6. The highest BCUT2D eigenvalue weighted by Gasteiger charge is 2.53. The van der Waals surface area contributed by atoms with Gasteiger partial charge in [-0.3, -0.25) is 0 Å². The van der Waals surface area contributed by atoms with Gasteiger partial charge in [-0.1, -0.05) is 100.0 Å². The largest absolute Gasteiger partial charge is 0.414 e. The van der Waals surface area contributed by atoms with Gasteiger partial charge in [0.05, 0.1) is 18.0 Å². The third-order valence-electron chi connectivity index (χ3n) is 14.1. The van der Waals surface area contributed by atoms with Gasteiger partial charge in [-0.15, -0.1) is 0 Å². The highest BCUT2D eigenvalue weighted by molar-refractivity contribution is 7.92. The zero-order valence-electron chi connectivity index (χ0n) is 33.0. The van der Waals surface area contributed by atoms with Crippen molar-refractivity contribution in [2.24, 2.45) is 35.0 Å². The van der Waals surface area contributed by atoms with Gasteiger partial charge in [0.2, 0.25) is 0 Å². The molecule has 1 heterocycles. The monoisotopic (exact) mass is 704 g/mol. The van der Waals surface area contributed by atoms with Gasteiger partial charge in [-0.25, -0.2) is 8.42 Å². The van der Waals surface area contributed by atoms with Gasteiger partial charge in [0.1, 0.15) is 5.25 Å². The SMILES string of the molecule is CC(C)C(C)/C=C/[C@@H](C)[C@H]1CC[C@H]2/C(=C/C3C4=C(CS3(=O)=O)[C@@H](O[Si](C)(C)C(C)(C)C)C[C@H](O[Si](C)(C)C(C)(C)C)C4)CCC[C@]12C. The van der Waals surface area contributed by atoms with E-state index in [4.69, 9.17) is 8.85 Å². The maximum absolute atomic E-state index is 14.2. The van der Waals surface area contributed by atoms with Crippen LogP contribution in [0.3, 0.4) is 0 Å². The van der Waals surface area contributed by atoms with Gasteiger partial charge in [-0.05, 0) is 121 Å². The lowest BCUT2D eigenvalue weighted by molar-refractivity contribution is 0.0979. The molecule has 0 aromatic rings. The fourth-order valence-electron chi connectivity index (χ4n) is 8.64. The normalized spacial score (nSPS) is 34.3. The minimum Gasteiger partial charge on any atom is -0.414 e. The van der Waals surface area contributed by atoms with Gasteiger partial charge in [0.15, 0.2) is 26.5 Å². The molecule has 0 amide bonds. The first-order valence-electron chi connectivity index (χ1n) is 19.0. The van der Waals surface area contributed by atoms with Crippen LogP contribution in [-0.4, -0.2) is 48.3 Å². The molecule has 3 aliphatic carbocycles. The van der Waals surface area contributed by atoms with Crippen molar-refractivity contribution < 1.29 is 17.3 Å². The molecule has 0 saturated heterocycles. The van der Waals surface area contributed by atoms with Gasteiger partial charge in [-0.2, -0.15) is 0 Å². The number of hydrogen-bond donors (Lipinski definition) is 0. The highest BCUT2D eigenvalue weighted by atomic mass is 32.2. The quantitative estimate of drug-likeness (QED) is 0.177. The molecule has 0 spiro atoms. The van der Waals surface area contributed by atoms with Crippen LogP contribution in [0.4, 0.5) is 0 Å². The van der Waals surface area contributed by atoms with Crippen molar-refractivity contribution in [3.8, 4) is 0 Å². The number of fused-ring (bicyclic) bond motifs is 1. The zero-order chi connectivity index (χ0) is 35.5. The van der Waals surface area contributed by atoms with Crippen molar-refractivity contribution in [1.82, 2.24) is 0 Å². The summed E-state index contributed by atoms with van der Waals surface area (Å²) in [7, 11) is -7.58. The molecule has 1 aliphatic heterocycles. The van der Waals surface area contributed by atoms with E-state index >= 15 is 0 Å².